The van der Waals surface area contributed by atoms with Crippen molar-refractivity contribution in [2.24, 2.45) is 0 Å². The van der Waals surface area contributed by atoms with Crippen LogP contribution in [-0.2, 0) is 0 Å². The number of halogens is 2. The molecule has 0 bridgehead atoms. The van der Waals surface area contributed by atoms with Gasteiger partial charge in [-0.3, -0.25) is 0 Å². The third-order valence-electron chi connectivity index (χ3n) is 1.75. The lowest BCUT2D eigenvalue weighted by atomic mass is 10.2. The molecule has 2 rings (SSSR count). The minimum absolute atomic E-state index is 0.547. The van der Waals surface area contributed by atoms with E-state index in [1.54, 1.807) is 17.4 Å². The minimum atomic E-state index is 0.547. The molecule has 1 heterocycles. The third kappa shape index (κ3) is 1.43. The van der Waals surface area contributed by atoms with Gasteiger partial charge in [0.2, 0.25) is 0 Å². The molecule has 0 fully saturated rings. The molecule has 13 heavy (non-hydrogen) atoms. The molecule has 1 nitrogen and oxygen atoms in total. The first-order valence-electron chi connectivity index (χ1n) is 3.49. The van der Waals surface area contributed by atoms with E-state index in [1.165, 1.54) is 0 Å². The van der Waals surface area contributed by atoms with Crippen molar-refractivity contribution in [3.63, 3.8) is 0 Å². The van der Waals surface area contributed by atoms with Crippen LogP contribution in [0.1, 0.15) is 5.56 Å². The number of thiophene rings is 1. The van der Waals surface area contributed by atoms with E-state index in [0.29, 0.717) is 10.6 Å². The van der Waals surface area contributed by atoms with Crippen molar-refractivity contribution in [2.45, 2.75) is 0 Å². The van der Waals surface area contributed by atoms with Gasteiger partial charge in [-0.05, 0) is 34.7 Å². The molecule has 0 aliphatic carbocycles. The quantitative estimate of drug-likeness (QED) is 0.673. The van der Waals surface area contributed by atoms with Crippen LogP contribution in [0.5, 0.6) is 0 Å². The zero-order valence-corrected chi connectivity index (χ0v) is 10.1. The summed E-state index contributed by atoms with van der Waals surface area (Å²) in [6.45, 7) is 0. The van der Waals surface area contributed by atoms with Gasteiger partial charge >= 0.3 is 0 Å². The van der Waals surface area contributed by atoms with Crippen LogP contribution < -0.4 is 0 Å². The maximum absolute atomic E-state index is 8.77. The summed E-state index contributed by atoms with van der Waals surface area (Å²) < 4.78 is 2.24. The molecular formula is C9H3ClINS. The Morgan fingerprint density at radius 3 is 2.92 bits per heavy atom. The van der Waals surface area contributed by atoms with Crippen LogP contribution in [0.15, 0.2) is 17.5 Å². The SMILES string of the molecule is N#Cc1ccc2scc(I)c2c1Cl. The van der Waals surface area contributed by atoms with Crippen LogP contribution in [0, 0.1) is 14.9 Å². The van der Waals surface area contributed by atoms with Crippen molar-refractivity contribution in [1.82, 2.24) is 0 Å². The van der Waals surface area contributed by atoms with Crippen molar-refractivity contribution in [2.75, 3.05) is 0 Å². The maximum atomic E-state index is 8.77. The number of hydrogen-bond acceptors (Lipinski definition) is 2. The lowest BCUT2D eigenvalue weighted by molar-refractivity contribution is 1.50. The topological polar surface area (TPSA) is 23.8 Å². The van der Waals surface area contributed by atoms with Gasteiger partial charge in [0, 0.05) is 19.0 Å². The molecule has 0 radical (unpaired) electrons. The number of rotatable bonds is 0. The minimum Gasteiger partial charge on any atom is -0.192 e. The molecule has 0 aliphatic heterocycles. The number of nitriles is 1. The second kappa shape index (κ2) is 3.45. The molecule has 0 saturated carbocycles. The molecule has 4 heteroatoms. The fourth-order valence-electron chi connectivity index (χ4n) is 1.14. The van der Waals surface area contributed by atoms with Gasteiger partial charge in [0.05, 0.1) is 10.6 Å². The first kappa shape index (κ1) is 9.25. The Labute approximate surface area is 98.1 Å². The Kier molecular flexibility index (Phi) is 2.45. The van der Waals surface area contributed by atoms with E-state index in [4.69, 9.17) is 16.9 Å². The monoisotopic (exact) mass is 319 g/mol. The Balaban J connectivity index is 2.93. The van der Waals surface area contributed by atoms with Gasteiger partial charge in [0.15, 0.2) is 0 Å². The molecule has 0 amide bonds. The van der Waals surface area contributed by atoms with E-state index in [9.17, 15) is 0 Å². The highest BCUT2D eigenvalue weighted by Crippen LogP contribution is 2.34. The zero-order valence-electron chi connectivity index (χ0n) is 6.34. The summed E-state index contributed by atoms with van der Waals surface area (Å²) >= 11 is 9.94. The molecule has 0 N–H and O–H groups in total. The van der Waals surface area contributed by atoms with Crippen LogP contribution in [0.4, 0.5) is 0 Å². The number of benzene rings is 1. The summed E-state index contributed by atoms with van der Waals surface area (Å²) in [5.74, 6) is 0. The van der Waals surface area contributed by atoms with Crippen LogP contribution >= 0.6 is 45.5 Å². The van der Waals surface area contributed by atoms with Gasteiger partial charge in [-0.25, -0.2) is 0 Å². The van der Waals surface area contributed by atoms with Crippen molar-refractivity contribution >= 4 is 55.6 Å². The summed E-state index contributed by atoms with van der Waals surface area (Å²) in [6, 6.07) is 5.77. The molecule has 1 aromatic heterocycles. The Morgan fingerprint density at radius 2 is 2.23 bits per heavy atom. The van der Waals surface area contributed by atoms with E-state index in [0.717, 1.165) is 13.7 Å². The molecule has 2 aromatic rings. The molecule has 1 aromatic carbocycles. The highest BCUT2D eigenvalue weighted by Gasteiger charge is 2.09. The second-order valence-corrected chi connectivity index (χ2v) is 4.95. The summed E-state index contributed by atoms with van der Waals surface area (Å²) in [6.07, 6.45) is 0. The average molecular weight is 320 g/mol. The lowest BCUT2D eigenvalue weighted by Crippen LogP contribution is -1.77. The van der Waals surface area contributed by atoms with Gasteiger partial charge in [-0.15, -0.1) is 11.3 Å². The Hall–Kier alpha value is -0.310. The zero-order chi connectivity index (χ0) is 9.42. The molecule has 0 saturated heterocycles. The van der Waals surface area contributed by atoms with Crippen molar-refractivity contribution < 1.29 is 0 Å². The maximum Gasteiger partial charge on any atom is 0.101 e. The first-order valence-corrected chi connectivity index (χ1v) is 5.83. The van der Waals surface area contributed by atoms with Crippen molar-refractivity contribution in [3.05, 3.63) is 31.7 Å². The third-order valence-corrected chi connectivity index (χ3v) is 4.37. The lowest BCUT2D eigenvalue weighted by Gasteiger charge is -1.96. The fourth-order valence-corrected chi connectivity index (χ4v) is 3.61. The molecule has 0 unspecified atom stereocenters. The fraction of sp³-hybridized carbons (Fsp3) is 0. The summed E-state index contributed by atoms with van der Waals surface area (Å²) in [4.78, 5) is 0. The van der Waals surface area contributed by atoms with E-state index in [1.807, 2.05) is 11.4 Å². The van der Waals surface area contributed by atoms with Crippen molar-refractivity contribution in [1.29, 1.82) is 5.26 Å². The predicted molar refractivity (Wildman–Crippen MR) is 64.3 cm³/mol. The summed E-state index contributed by atoms with van der Waals surface area (Å²) in [5.41, 5.74) is 0.547. The van der Waals surface area contributed by atoms with E-state index >= 15 is 0 Å². The Bertz CT molecular complexity index is 512. The largest absolute Gasteiger partial charge is 0.192 e. The van der Waals surface area contributed by atoms with Crippen LogP contribution in [0.2, 0.25) is 5.02 Å². The molecule has 64 valence electrons. The number of nitrogens with zero attached hydrogens (tertiary/aromatic N) is 1. The predicted octanol–water partition coefficient (Wildman–Crippen LogP) is 4.03. The normalized spacial score (nSPS) is 10.2. The van der Waals surface area contributed by atoms with Crippen molar-refractivity contribution in [3.8, 4) is 6.07 Å². The van der Waals surface area contributed by atoms with Gasteiger partial charge in [0.1, 0.15) is 6.07 Å². The average Bonchev–Trinajstić information content (AvgIpc) is 2.49. The summed E-state index contributed by atoms with van der Waals surface area (Å²) in [5, 5.41) is 12.4. The highest BCUT2D eigenvalue weighted by molar-refractivity contribution is 14.1. The van der Waals surface area contributed by atoms with Crippen LogP contribution in [-0.4, -0.2) is 0 Å². The smallest absolute Gasteiger partial charge is 0.101 e. The van der Waals surface area contributed by atoms with E-state index < -0.39 is 0 Å². The number of hydrogen-bond donors (Lipinski definition) is 0. The highest BCUT2D eigenvalue weighted by atomic mass is 127. The number of fused-ring (bicyclic) bond motifs is 1. The standard InChI is InChI=1S/C9H3ClINS/c10-9-5(3-12)1-2-7-8(9)6(11)4-13-7/h1-2,4H. The second-order valence-electron chi connectivity index (χ2n) is 2.50. The summed E-state index contributed by atoms with van der Waals surface area (Å²) in [7, 11) is 0. The van der Waals surface area contributed by atoms with Gasteiger partial charge in [-0.2, -0.15) is 5.26 Å². The molecule has 0 atom stereocenters. The van der Waals surface area contributed by atoms with Crippen LogP contribution in [0.3, 0.4) is 0 Å². The van der Waals surface area contributed by atoms with Gasteiger partial charge < -0.3 is 0 Å². The molecule has 0 spiro atoms. The van der Waals surface area contributed by atoms with Gasteiger partial charge in [0.25, 0.3) is 0 Å². The van der Waals surface area contributed by atoms with Gasteiger partial charge in [-0.1, -0.05) is 11.6 Å². The molecule has 0 aliphatic rings. The first-order chi connectivity index (χ1) is 6.24. The van der Waals surface area contributed by atoms with E-state index in [2.05, 4.69) is 28.7 Å². The Morgan fingerprint density at radius 1 is 1.46 bits per heavy atom. The van der Waals surface area contributed by atoms with E-state index in [-0.39, 0.29) is 0 Å². The molecular weight excluding hydrogens is 317 g/mol. The van der Waals surface area contributed by atoms with Crippen LogP contribution in [0.25, 0.3) is 10.1 Å².